The van der Waals surface area contributed by atoms with Crippen LogP contribution in [0.25, 0.3) is 0 Å². The van der Waals surface area contributed by atoms with Gasteiger partial charge >= 0.3 is 12.1 Å². The summed E-state index contributed by atoms with van der Waals surface area (Å²) in [5.74, 6) is 0.228. The van der Waals surface area contributed by atoms with E-state index >= 15 is 0 Å². The highest BCUT2D eigenvalue weighted by molar-refractivity contribution is 6.00. The molecule has 1 saturated carbocycles. The molecule has 0 unspecified atom stereocenters. The van der Waals surface area contributed by atoms with E-state index in [2.05, 4.69) is 35.8 Å². The number of nitrogens with zero attached hydrogens (tertiary/aromatic N) is 5. The minimum Gasteiger partial charge on any atom is -0.306 e. The Kier molecular flexibility index (Phi) is 8.87. The molecule has 2 fully saturated rings. The zero-order chi connectivity index (χ0) is 30.7. The molecule has 2 aromatic carbocycles. The van der Waals surface area contributed by atoms with Gasteiger partial charge in [0.05, 0.1) is 11.6 Å². The number of para-hydroxylation sites is 2. The smallest absolute Gasteiger partial charge is 0.306 e. The van der Waals surface area contributed by atoms with E-state index in [0.29, 0.717) is 41.1 Å². The van der Waals surface area contributed by atoms with Crippen LogP contribution < -0.4 is 15.6 Å². The first-order chi connectivity index (χ1) is 19.9. The van der Waals surface area contributed by atoms with E-state index in [1.807, 2.05) is 6.92 Å². The Labute approximate surface area is 246 Å². The van der Waals surface area contributed by atoms with Crippen LogP contribution in [0.3, 0.4) is 0 Å². The highest BCUT2D eigenvalue weighted by atomic mass is 16.5. The molecule has 0 bridgehead atoms. The maximum absolute atomic E-state index is 13.8. The van der Waals surface area contributed by atoms with Gasteiger partial charge in [-0.25, -0.2) is 15.0 Å². The Balaban J connectivity index is 1.48. The maximum Gasteiger partial charge on any atom is 0.347 e. The van der Waals surface area contributed by atoms with Crippen LogP contribution in [-0.2, 0) is 4.79 Å². The van der Waals surface area contributed by atoms with Gasteiger partial charge in [-0.1, -0.05) is 50.2 Å². The summed E-state index contributed by atoms with van der Waals surface area (Å²) in [6.07, 6.45) is 1.03. The van der Waals surface area contributed by atoms with Crippen molar-refractivity contribution in [3.63, 3.8) is 0 Å². The Morgan fingerprint density at radius 3 is 2.29 bits per heavy atom. The normalized spacial score (nSPS) is 22.6. The molecule has 1 heterocycles. The lowest BCUT2D eigenvalue weighted by molar-refractivity contribution is -0.124. The topological polar surface area (TPSA) is 141 Å². The van der Waals surface area contributed by atoms with Crippen molar-refractivity contribution in [3.8, 4) is 6.07 Å². The Hall–Kier alpha value is -4.43. The van der Waals surface area contributed by atoms with Crippen molar-refractivity contribution in [2.75, 3.05) is 16.8 Å². The quantitative estimate of drug-likeness (QED) is 0.209. The van der Waals surface area contributed by atoms with Gasteiger partial charge in [0.1, 0.15) is 6.54 Å². The molecule has 3 N–H and O–H groups in total. The van der Waals surface area contributed by atoms with Crippen LogP contribution in [-0.4, -0.2) is 57.1 Å². The lowest BCUT2D eigenvalue weighted by atomic mass is 9.53. The molecule has 5 amide bonds. The second-order valence-electron chi connectivity index (χ2n) is 12.1. The summed E-state index contributed by atoms with van der Waals surface area (Å²) in [5, 5.41) is 27.6. The first-order valence-electron chi connectivity index (χ1n) is 14.1. The summed E-state index contributed by atoms with van der Waals surface area (Å²) in [6, 6.07) is 18.2. The van der Waals surface area contributed by atoms with E-state index in [1.54, 1.807) is 74.5 Å². The van der Waals surface area contributed by atoms with Crippen LogP contribution in [0.1, 0.15) is 53.9 Å². The van der Waals surface area contributed by atoms with Crippen LogP contribution in [0.15, 0.2) is 65.8 Å². The summed E-state index contributed by atoms with van der Waals surface area (Å²) in [7, 11) is 0. The van der Waals surface area contributed by atoms with E-state index in [4.69, 9.17) is 5.26 Å². The van der Waals surface area contributed by atoms with Crippen molar-refractivity contribution in [1.82, 2.24) is 15.4 Å². The molecule has 2 aliphatic rings. The van der Waals surface area contributed by atoms with Gasteiger partial charge in [-0.15, -0.1) is 0 Å². The standard InChI is InChI=1S/C31H39N7O4/c1-21(18-23-19-22(16-17-32)30(23,2)3)34-35-26(39)20-36-29(41)37(25-14-10-7-11-15-25)27(31(36,4)5)38(42)28(40)33-24-12-8-6-9-13-24/h6-15,22-23,27,42H,16,18-20H2,1-5H3,(H,33,40)(H,35,39)/b34-21+/t22-,23-,27+/m0/s1. The molecule has 222 valence electrons. The van der Waals surface area contributed by atoms with Gasteiger partial charge in [-0.3, -0.25) is 14.9 Å². The molecule has 0 aromatic heterocycles. The molecule has 0 radical (unpaired) electrons. The van der Waals surface area contributed by atoms with Gasteiger partial charge in [0.25, 0.3) is 5.91 Å². The molecule has 1 saturated heterocycles. The molecular formula is C31H39N7O4. The van der Waals surface area contributed by atoms with Gasteiger partial charge in [-0.05, 0) is 75.1 Å². The number of urea groups is 2. The highest BCUT2D eigenvalue weighted by Gasteiger charge is 2.56. The number of rotatable bonds is 9. The Bertz CT molecular complexity index is 1370. The third-order valence-electron chi connectivity index (χ3n) is 8.73. The average Bonchev–Trinajstić information content (AvgIpc) is 3.16. The molecule has 42 heavy (non-hydrogen) atoms. The summed E-state index contributed by atoms with van der Waals surface area (Å²) in [4.78, 5) is 42.6. The fraction of sp³-hybridized carbons (Fsp3) is 0.452. The monoisotopic (exact) mass is 573 g/mol. The number of nitriles is 1. The number of hydrogen-bond donors (Lipinski definition) is 3. The van der Waals surface area contributed by atoms with Crippen molar-refractivity contribution in [1.29, 1.82) is 5.26 Å². The summed E-state index contributed by atoms with van der Waals surface area (Å²) in [6.45, 7) is 9.22. The molecule has 1 aliphatic heterocycles. The molecule has 11 nitrogen and oxygen atoms in total. The zero-order valence-electron chi connectivity index (χ0n) is 24.7. The number of hydrogen-bond acceptors (Lipinski definition) is 6. The van der Waals surface area contributed by atoms with Crippen molar-refractivity contribution in [3.05, 3.63) is 60.7 Å². The van der Waals surface area contributed by atoms with Gasteiger partial charge in [0, 0.05) is 23.5 Å². The van der Waals surface area contributed by atoms with Crippen molar-refractivity contribution < 1.29 is 19.6 Å². The van der Waals surface area contributed by atoms with Gasteiger partial charge in [0.2, 0.25) is 0 Å². The average molecular weight is 574 g/mol. The second-order valence-corrected chi connectivity index (χ2v) is 12.1. The lowest BCUT2D eigenvalue weighted by Crippen LogP contribution is -2.58. The first-order valence-corrected chi connectivity index (χ1v) is 14.1. The van der Waals surface area contributed by atoms with E-state index < -0.39 is 29.7 Å². The molecule has 1 aliphatic carbocycles. The predicted molar refractivity (Wildman–Crippen MR) is 159 cm³/mol. The number of hydrazone groups is 1. The fourth-order valence-corrected chi connectivity index (χ4v) is 5.94. The molecule has 4 rings (SSSR count). The van der Waals surface area contributed by atoms with Crippen molar-refractivity contribution in [2.45, 2.75) is 65.6 Å². The van der Waals surface area contributed by atoms with E-state index in [0.717, 1.165) is 12.1 Å². The second kappa shape index (κ2) is 12.2. The number of carbonyl (C=O) groups excluding carboxylic acids is 3. The number of carbonyl (C=O) groups is 3. The first kappa shape index (κ1) is 30.5. The van der Waals surface area contributed by atoms with Gasteiger partial charge in [-0.2, -0.15) is 15.4 Å². The number of nitrogens with one attached hydrogen (secondary N) is 2. The molecule has 3 atom stereocenters. The fourth-order valence-electron chi connectivity index (χ4n) is 5.94. The predicted octanol–water partition coefficient (Wildman–Crippen LogP) is 5.41. The van der Waals surface area contributed by atoms with Crippen molar-refractivity contribution in [2.24, 2.45) is 22.4 Å². The van der Waals surface area contributed by atoms with Crippen LogP contribution in [0.5, 0.6) is 0 Å². The number of anilines is 2. The van der Waals surface area contributed by atoms with E-state index in [1.165, 1.54) is 9.80 Å². The highest BCUT2D eigenvalue weighted by Crippen LogP contribution is 2.54. The Morgan fingerprint density at radius 1 is 1.07 bits per heavy atom. The van der Waals surface area contributed by atoms with Gasteiger partial charge < -0.3 is 10.2 Å². The third-order valence-corrected chi connectivity index (χ3v) is 8.73. The molecular weight excluding hydrogens is 534 g/mol. The summed E-state index contributed by atoms with van der Waals surface area (Å²) >= 11 is 0. The molecule has 11 heteroatoms. The Morgan fingerprint density at radius 2 is 1.69 bits per heavy atom. The lowest BCUT2D eigenvalue weighted by Gasteiger charge is -2.52. The van der Waals surface area contributed by atoms with Crippen LogP contribution in [0.4, 0.5) is 21.0 Å². The third kappa shape index (κ3) is 6.09. The summed E-state index contributed by atoms with van der Waals surface area (Å²) < 4.78 is 0. The largest absolute Gasteiger partial charge is 0.347 e. The minimum absolute atomic E-state index is 0.0292. The number of amides is 5. The van der Waals surface area contributed by atoms with E-state index in [-0.39, 0.29) is 12.0 Å². The summed E-state index contributed by atoms with van der Waals surface area (Å²) in [5.41, 5.74) is 3.11. The SMILES string of the molecule is C/C(C[C@H]1C[C@H](CC#N)C1(C)C)=N\NC(=O)CN1C(=O)N(c2ccccc2)[C@H](N(O)C(=O)Nc2ccccc2)C1(C)C. The van der Waals surface area contributed by atoms with Crippen LogP contribution in [0, 0.1) is 28.6 Å². The van der Waals surface area contributed by atoms with E-state index in [9.17, 15) is 19.6 Å². The minimum atomic E-state index is -1.18. The molecule has 2 aromatic rings. The van der Waals surface area contributed by atoms with Crippen molar-refractivity contribution >= 4 is 35.1 Å². The number of hydroxylamine groups is 2. The van der Waals surface area contributed by atoms with Crippen LogP contribution in [0.2, 0.25) is 0 Å². The maximum atomic E-state index is 13.8. The molecule has 0 spiro atoms. The van der Waals surface area contributed by atoms with Crippen LogP contribution >= 0.6 is 0 Å². The number of benzene rings is 2. The van der Waals surface area contributed by atoms with Gasteiger partial charge in [0.15, 0.2) is 6.17 Å². The zero-order valence-corrected chi connectivity index (χ0v) is 24.7.